The van der Waals surface area contributed by atoms with Crippen LogP contribution >= 0.6 is 22.9 Å². The van der Waals surface area contributed by atoms with Crippen molar-refractivity contribution in [2.45, 2.75) is 11.1 Å². The third-order valence-corrected chi connectivity index (χ3v) is 8.16. The van der Waals surface area contributed by atoms with Crippen LogP contribution in [-0.4, -0.2) is 36.0 Å². The van der Waals surface area contributed by atoms with Crippen molar-refractivity contribution in [3.8, 4) is 5.82 Å². The molecule has 15 heteroatoms. The first-order valence-electron chi connectivity index (χ1n) is 9.72. The zero-order valence-electron chi connectivity index (χ0n) is 18.0. The molecule has 1 aromatic carbocycles. The number of rotatable bonds is 5. The molecule has 3 aromatic heterocycles. The highest BCUT2D eigenvalue weighted by Crippen LogP contribution is 2.29. The molecule has 0 bridgehead atoms. The molecule has 0 saturated carbocycles. The Balaban J connectivity index is 1.61. The van der Waals surface area contributed by atoms with E-state index in [1.807, 2.05) is 0 Å². The van der Waals surface area contributed by atoms with Gasteiger partial charge in [-0.2, -0.15) is 0 Å². The smallest absolute Gasteiger partial charge is 0.334 e. The number of nitrogens with one attached hydrogen (secondary N) is 4. The summed E-state index contributed by atoms with van der Waals surface area (Å²) in [4.78, 5) is 44.4. The van der Waals surface area contributed by atoms with Gasteiger partial charge in [0.2, 0.25) is 0 Å². The third-order valence-electron chi connectivity index (χ3n) is 4.80. The fourth-order valence-electron chi connectivity index (χ4n) is 3.12. The van der Waals surface area contributed by atoms with E-state index in [9.17, 15) is 27.2 Å². The normalized spacial score (nSPS) is 11.4. The average Bonchev–Trinajstić information content (AvgIpc) is 3.13. The van der Waals surface area contributed by atoms with E-state index in [1.54, 1.807) is 30.8 Å². The van der Waals surface area contributed by atoms with Gasteiger partial charge in [0.25, 0.3) is 15.6 Å². The van der Waals surface area contributed by atoms with E-state index in [4.69, 9.17) is 11.6 Å². The van der Waals surface area contributed by atoms with E-state index in [0.29, 0.717) is 15.1 Å². The number of aryl methyl sites for hydroxylation is 1. The number of nitrogens with zero attached hydrogens (tertiary/aromatic N) is 2. The number of halogens is 2. The predicted molar refractivity (Wildman–Crippen MR) is 131 cm³/mol. The summed E-state index contributed by atoms with van der Waals surface area (Å²) >= 11 is 6.74. The number of carbonyl (C=O) groups excluding carboxylic acids is 1. The van der Waals surface area contributed by atoms with Crippen LogP contribution in [0.15, 0.2) is 50.3 Å². The van der Waals surface area contributed by atoms with Crippen LogP contribution in [0.2, 0.25) is 5.02 Å². The van der Waals surface area contributed by atoms with Crippen molar-refractivity contribution in [1.29, 1.82) is 0 Å². The van der Waals surface area contributed by atoms with Gasteiger partial charge in [0.05, 0.1) is 27.8 Å². The van der Waals surface area contributed by atoms with Gasteiger partial charge >= 0.3 is 11.7 Å². The van der Waals surface area contributed by atoms with Gasteiger partial charge in [-0.3, -0.25) is 4.79 Å². The van der Waals surface area contributed by atoms with Crippen LogP contribution < -0.4 is 26.6 Å². The van der Waals surface area contributed by atoms with E-state index >= 15 is 0 Å². The molecule has 0 aliphatic rings. The fourth-order valence-corrected chi connectivity index (χ4v) is 5.72. The first kappa shape index (κ1) is 24.4. The summed E-state index contributed by atoms with van der Waals surface area (Å²) in [5.41, 5.74) is -1.03. The molecule has 4 N–H and O–H groups in total. The number of aromatic nitrogens is 3. The molecule has 3 heterocycles. The zero-order chi connectivity index (χ0) is 25.5. The highest BCUT2D eigenvalue weighted by Gasteiger charge is 2.22. The Hall–Kier alpha value is -3.75. The molecule has 0 atom stereocenters. The number of fused-ring (bicyclic) bond motifs is 1. The Morgan fingerprint density at radius 2 is 1.94 bits per heavy atom. The number of H-pyrrole nitrogens is 1. The summed E-state index contributed by atoms with van der Waals surface area (Å²) in [6.45, 7) is 1.62. The maximum atomic E-state index is 14.8. The molecule has 4 rings (SSSR count). The summed E-state index contributed by atoms with van der Waals surface area (Å²) < 4.78 is 41.6. The minimum absolute atomic E-state index is 0.125. The lowest BCUT2D eigenvalue weighted by Crippen LogP contribution is -2.35. The fraction of sp³-hybridized carbons (Fsp3) is 0.100. The van der Waals surface area contributed by atoms with Gasteiger partial charge in [0.1, 0.15) is 4.21 Å². The number of hydrogen-bond donors (Lipinski definition) is 4. The van der Waals surface area contributed by atoms with Gasteiger partial charge in [-0.15, -0.1) is 11.3 Å². The molecule has 0 aliphatic carbocycles. The number of aromatic amines is 1. The highest BCUT2D eigenvalue weighted by atomic mass is 35.5. The predicted octanol–water partition coefficient (Wildman–Crippen LogP) is 2.79. The quantitative estimate of drug-likeness (QED) is 0.304. The third kappa shape index (κ3) is 4.76. The van der Waals surface area contributed by atoms with Crippen molar-refractivity contribution in [3.63, 3.8) is 0 Å². The van der Waals surface area contributed by atoms with Crippen LogP contribution in [0.5, 0.6) is 0 Å². The van der Waals surface area contributed by atoms with Gasteiger partial charge in [-0.25, -0.2) is 36.7 Å². The molecule has 2 amide bonds. The number of pyridine rings is 1. The van der Waals surface area contributed by atoms with Crippen molar-refractivity contribution in [3.05, 3.63) is 73.1 Å². The molecule has 11 nitrogen and oxygen atoms in total. The second kappa shape index (κ2) is 9.13. The lowest BCUT2D eigenvalue weighted by Gasteiger charge is -2.10. The molecule has 0 spiro atoms. The minimum atomic E-state index is -4.22. The number of carbonyl (C=O) groups is 1. The van der Waals surface area contributed by atoms with Crippen molar-refractivity contribution < 1.29 is 17.6 Å². The number of hydrogen-bond acceptors (Lipinski definition) is 8. The van der Waals surface area contributed by atoms with E-state index in [-0.39, 0.29) is 25.8 Å². The topological polar surface area (TPSA) is 155 Å². The number of sulfonamides is 1. The summed E-state index contributed by atoms with van der Waals surface area (Å²) in [7, 11) is -2.55. The van der Waals surface area contributed by atoms with Crippen molar-refractivity contribution >= 4 is 61.3 Å². The molecule has 35 heavy (non-hydrogen) atoms. The molecule has 0 aliphatic heterocycles. The monoisotopic (exact) mass is 538 g/mol. The lowest BCUT2D eigenvalue weighted by atomic mass is 10.2. The van der Waals surface area contributed by atoms with Gasteiger partial charge in [-0.1, -0.05) is 11.6 Å². The summed E-state index contributed by atoms with van der Waals surface area (Å²) in [5, 5.41) is 5.38. The first-order valence-corrected chi connectivity index (χ1v) is 12.4. The Kier molecular flexibility index (Phi) is 6.36. The average molecular weight is 539 g/mol. The molecule has 182 valence electrons. The first-order chi connectivity index (χ1) is 16.5. The van der Waals surface area contributed by atoms with Gasteiger partial charge < -0.3 is 15.6 Å². The summed E-state index contributed by atoms with van der Waals surface area (Å²) in [6, 6.07) is 5.45. The van der Waals surface area contributed by atoms with Crippen molar-refractivity contribution in [1.82, 2.24) is 19.3 Å². The maximum Gasteiger partial charge on any atom is 0.334 e. The molecular weight excluding hydrogens is 523 g/mol. The lowest BCUT2D eigenvalue weighted by molar-refractivity contribution is 0.256. The molecule has 0 saturated heterocycles. The number of urea groups is 1. The van der Waals surface area contributed by atoms with E-state index in [0.717, 1.165) is 23.6 Å². The number of thiophene rings is 1. The minimum Gasteiger partial charge on any atom is -0.388 e. The number of amides is 2. The summed E-state index contributed by atoms with van der Waals surface area (Å²) in [5.74, 6) is -1.71. The van der Waals surface area contributed by atoms with Crippen LogP contribution in [0.1, 0.15) is 4.88 Å². The SMILES string of the molecule is CNc1ccc2c(=O)n(-c3ncc(NC(=O)NS(=O)(=O)c4cc(Cl)c(C)s4)cc3F)c(=O)[nH]c2c1. The Morgan fingerprint density at radius 1 is 1.20 bits per heavy atom. The highest BCUT2D eigenvalue weighted by molar-refractivity contribution is 7.92. The summed E-state index contributed by atoms with van der Waals surface area (Å²) in [6.07, 6.45) is 0.969. The van der Waals surface area contributed by atoms with Gasteiger partial charge in [0, 0.05) is 23.7 Å². The van der Waals surface area contributed by atoms with Gasteiger partial charge in [-0.05, 0) is 31.2 Å². The van der Waals surface area contributed by atoms with Crippen LogP contribution in [0.25, 0.3) is 16.7 Å². The molecule has 4 aromatic rings. The van der Waals surface area contributed by atoms with E-state index in [2.05, 4.69) is 20.6 Å². The van der Waals surface area contributed by atoms with Gasteiger partial charge in [0.15, 0.2) is 11.6 Å². The van der Waals surface area contributed by atoms with Crippen LogP contribution in [0.3, 0.4) is 0 Å². The Bertz CT molecular complexity index is 1690. The molecule has 0 radical (unpaired) electrons. The standard InChI is InChI=1S/C20H16ClFN6O5S2/c1-9-13(21)7-16(34-9)35(32,33)27-19(30)25-11-5-14(22)17(24-8-11)28-18(29)12-4-3-10(23-2)6-15(12)26-20(28)31/h3-8,23H,1-2H3,(H,26,31)(H2,25,27,30). The Labute approximate surface area is 205 Å². The molecule has 0 fully saturated rings. The second-order valence-electron chi connectivity index (χ2n) is 7.14. The van der Waals surface area contributed by atoms with Crippen LogP contribution in [-0.2, 0) is 10.0 Å². The van der Waals surface area contributed by atoms with E-state index < -0.39 is 38.9 Å². The maximum absolute atomic E-state index is 14.8. The zero-order valence-corrected chi connectivity index (χ0v) is 20.4. The van der Waals surface area contributed by atoms with Crippen molar-refractivity contribution in [2.75, 3.05) is 17.7 Å². The molecular formula is C20H16ClFN6O5S2. The van der Waals surface area contributed by atoms with E-state index in [1.165, 1.54) is 12.1 Å². The second-order valence-corrected chi connectivity index (χ2v) is 10.7. The number of benzene rings is 1. The van der Waals surface area contributed by atoms with Crippen molar-refractivity contribution in [2.24, 2.45) is 0 Å². The molecule has 0 unspecified atom stereocenters. The van der Waals surface area contributed by atoms with Crippen LogP contribution in [0, 0.1) is 12.7 Å². The largest absolute Gasteiger partial charge is 0.388 e. The van der Waals surface area contributed by atoms with Crippen LogP contribution in [0.4, 0.5) is 20.6 Å². The Morgan fingerprint density at radius 3 is 2.57 bits per heavy atom. The number of anilines is 2.